The molecule has 4 nitrogen and oxygen atoms in total. The lowest BCUT2D eigenvalue weighted by Gasteiger charge is -2.24. The monoisotopic (exact) mass is 222 g/mol. The molecule has 1 aliphatic rings. The normalized spacial score (nSPS) is 22.1. The van der Waals surface area contributed by atoms with Crippen molar-refractivity contribution < 1.29 is 9.84 Å². The van der Waals surface area contributed by atoms with Crippen molar-refractivity contribution in [1.82, 2.24) is 4.98 Å². The summed E-state index contributed by atoms with van der Waals surface area (Å²) in [5.74, 6) is 0.930. The zero-order valence-corrected chi connectivity index (χ0v) is 9.76. The van der Waals surface area contributed by atoms with Gasteiger partial charge < -0.3 is 14.7 Å². The fraction of sp³-hybridized carbons (Fsp3) is 0.583. The average molecular weight is 222 g/mol. The number of aromatic nitrogens is 1. The maximum absolute atomic E-state index is 9.39. The third-order valence-corrected chi connectivity index (χ3v) is 3.07. The predicted octanol–water partition coefficient (Wildman–Crippen LogP) is 1.36. The fourth-order valence-corrected chi connectivity index (χ4v) is 1.87. The highest BCUT2D eigenvalue weighted by atomic mass is 16.5. The van der Waals surface area contributed by atoms with Crippen LogP contribution in [0.1, 0.15) is 25.0 Å². The van der Waals surface area contributed by atoms with Gasteiger partial charge in [0.25, 0.3) is 0 Å². The van der Waals surface area contributed by atoms with Crippen LogP contribution < -0.4 is 4.90 Å². The number of hydrogen-bond donors (Lipinski definition) is 1. The number of rotatable bonds is 3. The van der Waals surface area contributed by atoms with E-state index >= 15 is 0 Å². The van der Waals surface area contributed by atoms with Gasteiger partial charge in [-0.15, -0.1) is 0 Å². The Morgan fingerprint density at radius 2 is 2.38 bits per heavy atom. The van der Waals surface area contributed by atoms with Crippen molar-refractivity contribution in [3.63, 3.8) is 0 Å². The van der Waals surface area contributed by atoms with Gasteiger partial charge in [-0.25, -0.2) is 4.98 Å². The smallest absolute Gasteiger partial charge is 0.128 e. The topological polar surface area (TPSA) is 45.6 Å². The van der Waals surface area contributed by atoms with E-state index in [0.717, 1.165) is 31.0 Å². The Balaban J connectivity index is 2.08. The molecular weight excluding hydrogens is 204 g/mol. The SMILES string of the molecule is C[C@H](O)c1ccc(N(C)C2CCOC2)nc1. The summed E-state index contributed by atoms with van der Waals surface area (Å²) < 4.78 is 5.35. The Hall–Kier alpha value is -1.13. The standard InChI is InChI=1S/C12H18N2O2/c1-9(15)10-3-4-12(13-7-10)14(2)11-5-6-16-8-11/h3-4,7,9,11,15H,5-6,8H2,1-2H3/t9-,11?/m0/s1. The van der Waals surface area contributed by atoms with Gasteiger partial charge in [0, 0.05) is 19.9 Å². The highest BCUT2D eigenvalue weighted by molar-refractivity contribution is 5.40. The summed E-state index contributed by atoms with van der Waals surface area (Å²) in [6.45, 7) is 3.35. The van der Waals surface area contributed by atoms with Crippen LogP contribution in [0.5, 0.6) is 0 Å². The van der Waals surface area contributed by atoms with Gasteiger partial charge in [0.15, 0.2) is 0 Å². The highest BCUT2D eigenvalue weighted by Gasteiger charge is 2.21. The molecule has 4 heteroatoms. The van der Waals surface area contributed by atoms with Gasteiger partial charge in [-0.05, 0) is 25.0 Å². The summed E-state index contributed by atoms with van der Waals surface area (Å²) in [6.07, 6.45) is 2.32. The lowest BCUT2D eigenvalue weighted by molar-refractivity contribution is 0.193. The van der Waals surface area contributed by atoms with E-state index in [1.54, 1.807) is 13.1 Å². The number of pyridine rings is 1. The highest BCUT2D eigenvalue weighted by Crippen LogP contribution is 2.19. The van der Waals surface area contributed by atoms with E-state index in [-0.39, 0.29) is 0 Å². The van der Waals surface area contributed by atoms with Gasteiger partial charge >= 0.3 is 0 Å². The molecule has 2 rings (SSSR count). The maximum Gasteiger partial charge on any atom is 0.128 e. The first-order chi connectivity index (χ1) is 7.68. The molecule has 1 aromatic rings. The molecule has 1 saturated heterocycles. The second kappa shape index (κ2) is 4.80. The molecule has 1 aliphatic heterocycles. The maximum atomic E-state index is 9.39. The van der Waals surface area contributed by atoms with Crippen molar-refractivity contribution in [3.05, 3.63) is 23.9 Å². The fourth-order valence-electron chi connectivity index (χ4n) is 1.87. The molecular formula is C12H18N2O2. The summed E-state index contributed by atoms with van der Waals surface area (Å²) in [6, 6.07) is 4.28. The van der Waals surface area contributed by atoms with Crippen LogP contribution in [0.4, 0.5) is 5.82 Å². The minimum atomic E-state index is -0.457. The Morgan fingerprint density at radius 1 is 1.56 bits per heavy atom. The van der Waals surface area contributed by atoms with Crippen LogP contribution in [0.3, 0.4) is 0 Å². The Morgan fingerprint density at radius 3 is 2.88 bits per heavy atom. The van der Waals surface area contributed by atoms with Crippen LogP contribution in [0.25, 0.3) is 0 Å². The summed E-state index contributed by atoms with van der Waals surface area (Å²) in [5.41, 5.74) is 0.847. The van der Waals surface area contributed by atoms with Crippen LogP contribution >= 0.6 is 0 Å². The summed E-state index contributed by atoms with van der Waals surface area (Å²) in [7, 11) is 2.03. The largest absolute Gasteiger partial charge is 0.389 e. The van der Waals surface area contributed by atoms with Gasteiger partial charge in [-0.2, -0.15) is 0 Å². The van der Waals surface area contributed by atoms with Crippen LogP contribution in [-0.2, 0) is 4.74 Å². The van der Waals surface area contributed by atoms with Crippen molar-refractivity contribution in [2.24, 2.45) is 0 Å². The lowest BCUT2D eigenvalue weighted by Crippen LogP contribution is -2.32. The van der Waals surface area contributed by atoms with E-state index in [1.807, 2.05) is 19.2 Å². The van der Waals surface area contributed by atoms with Crippen LogP contribution in [0.2, 0.25) is 0 Å². The van der Waals surface area contributed by atoms with E-state index in [9.17, 15) is 5.11 Å². The molecule has 2 atom stereocenters. The number of ether oxygens (including phenoxy) is 1. The predicted molar refractivity (Wildman–Crippen MR) is 62.5 cm³/mol. The first-order valence-electron chi connectivity index (χ1n) is 5.63. The number of aliphatic hydroxyl groups is 1. The Bertz CT molecular complexity index is 331. The van der Waals surface area contributed by atoms with Crippen molar-refractivity contribution in [2.45, 2.75) is 25.5 Å². The van der Waals surface area contributed by atoms with E-state index in [4.69, 9.17) is 4.74 Å². The first kappa shape index (κ1) is 11.4. The minimum Gasteiger partial charge on any atom is -0.389 e. The van der Waals surface area contributed by atoms with Crippen molar-refractivity contribution in [1.29, 1.82) is 0 Å². The summed E-state index contributed by atoms with van der Waals surface area (Å²) in [5, 5.41) is 9.39. The van der Waals surface area contributed by atoms with Gasteiger partial charge in [-0.1, -0.05) is 6.07 Å². The second-order valence-electron chi connectivity index (χ2n) is 4.25. The number of hydrogen-bond acceptors (Lipinski definition) is 4. The van der Waals surface area contributed by atoms with Crippen molar-refractivity contribution in [2.75, 3.05) is 25.2 Å². The molecule has 1 fully saturated rings. The molecule has 0 radical (unpaired) electrons. The quantitative estimate of drug-likeness (QED) is 0.838. The van der Waals surface area contributed by atoms with Gasteiger partial charge in [0.1, 0.15) is 5.82 Å². The van der Waals surface area contributed by atoms with E-state index in [2.05, 4.69) is 9.88 Å². The molecule has 2 heterocycles. The average Bonchev–Trinajstić information content (AvgIpc) is 2.81. The number of aliphatic hydroxyl groups excluding tert-OH is 1. The van der Waals surface area contributed by atoms with Gasteiger partial charge in [0.2, 0.25) is 0 Å². The molecule has 1 unspecified atom stereocenters. The molecule has 0 saturated carbocycles. The minimum absolute atomic E-state index is 0.421. The van der Waals surface area contributed by atoms with Crippen molar-refractivity contribution in [3.8, 4) is 0 Å². The molecule has 0 bridgehead atoms. The van der Waals surface area contributed by atoms with E-state index in [0.29, 0.717) is 6.04 Å². The molecule has 16 heavy (non-hydrogen) atoms. The second-order valence-corrected chi connectivity index (χ2v) is 4.25. The van der Waals surface area contributed by atoms with Gasteiger partial charge in [0.05, 0.1) is 18.8 Å². The van der Waals surface area contributed by atoms with E-state index < -0.39 is 6.10 Å². The molecule has 1 aromatic heterocycles. The zero-order valence-electron chi connectivity index (χ0n) is 9.76. The summed E-state index contributed by atoms with van der Waals surface area (Å²) >= 11 is 0. The van der Waals surface area contributed by atoms with Gasteiger partial charge in [-0.3, -0.25) is 0 Å². The number of nitrogens with zero attached hydrogens (tertiary/aromatic N) is 2. The molecule has 0 aromatic carbocycles. The van der Waals surface area contributed by atoms with E-state index in [1.165, 1.54) is 0 Å². The molecule has 0 spiro atoms. The first-order valence-corrected chi connectivity index (χ1v) is 5.63. The van der Waals surface area contributed by atoms with Crippen LogP contribution in [0.15, 0.2) is 18.3 Å². The third kappa shape index (κ3) is 2.33. The molecule has 88 valence electrons. The van der Waals surface area contributed by atoms with Crippen LogP contribution in [-0.4, -0.2) is 36.4 Å². The third-order valence-electron chi connectivity index (χ3n) is 3.07. The Kier molecular flexibility index (Phi) is 3.41. The number of anilines is 1. The van der Waals surface area contributed by atoms with Crippen molar-refractivity contribution >= 4 is 5.82 Å². The lowest BCUT2D eigenvalue weighted by atomic mass is 10.2. The zero-order chi connectivity index (χ0) is 11.5. The summed E-state index contributed by atoms with van der Waals surface area (Å²) in [4.78, 5) is 6.49. The van der Waals surface area contributed by atoms with Crippen LogP contribution in [0, 0.1) is 0 Å². The molecule has 0 aliphatic carbocycles. The molecule has 0 amide bonds. The molecule has 1 N–H and O–H groups in total. The Labute approximate surface area is 95.9 Å². The number of likely N-dealkylation sites (N-methyl/N-ethyl adjacent to an activating group) is 1.